The fourth-order valence-corrected chi connectivity index (χ4v) is 4.62. The number of amides is 2. The second-order valence-corrected chi connectivity index (χ2v) is 8.61. The van der Waals surface area contributed by atoms with Crippen LogP contribution in [0.1, 0.15) is 27.5 Å². The van der Waals surface area contributed by atoms with Crippen LogP contribution in [0.2, 0.25) is 0 Å². The van der Waals surface area contributed by atoms with E-state index < -0.39 is 6.04 Å². The van der Waals surface area contributed by atoms with Gasteiger partial charge in [0.15, 0.2) is 0 Å². The first kappa shape index (κ1) is 20.4. The molecule has 0 saturated heterocycles. The van der Waals surface area contributed by atoms with Crippen LogP contribution in [0.15, 0.2) is 89.4 Å². The summed E-state index contributed by atoms with van der Waals surface area (Å²) in [6.45, 7) is -0.129. The Balaban J connectivity index is 1.71. The summed E-state index contributed by atoms with van der Waals surface area (Å²) < 4.78 is 14.5. The lowest BCUT2D eigenvalue weighted by Gasteiger charge is -2.31. The van der Waals surface area contributed by atoms with Crippen molar-refractivity contribution < 1.29 is 14.0 Å². The molecule has 0 aliphatic carbocycles. The lowest BCUT2D eigenvalue weighted by atomic mass is 9.94. The smallest absolute Gasteiger partial charge is 0.255 e. The fourth-order valence-electron chi connectivity index (χ4n) is 4.24. The lowest BCUT2D eigenvalue weighted by Crippen LogP contribution is -2.39. The second-order valence-electron chi connectivity index (χ2n) is 7.69. The Morgan fingerprint density at radius 3 is 2.53 bits per heavy atom. The second kappa shape index (κ2) is 8.20. The first-order valence-corrected chi connectivity index (χ1v) is 10.9. The zero-order valence-electron chi connectivity index (χ0n) is 16.9. The maximum atomic E-state index is 13.9. The van der Waals surface area contributed by atoms with E-state index in [4.69, 9.17) is 0 Å². The molecule has 2 amide bonds. The number of halogens is 2. The summed E-state index contributed by atoms with van der Waals surface area (Å²) in [6.07, 6.45) is 0. The molecule has 1 aliphatic heterocycles. The molecule has 4 nitrogen and oxygen atoms in total. The van der Waals surface area contributed by atoms with Crippen molar-refractivity contribution in [1.82, 2.24) is 4.90 Å². The minimum Gasteiger partial charge on any atom is -0.324 e. The highest BCUT2D eigenvalue weighted by Gasteiger charge is 2.34. The van der Waals surface area contributed by atoms with Gasteiger partial charge in [0.2, 0.25) is 5.91 Å². The van der Waals surface area contributed by atoms with Crippen LogP contribution in [-0.4, -0.2) is 23.3 Å². The number of carbonyl (C=O) groups is 2. The van der Waals surface area contributed by atoms with E-state index in [0.717, 1.165) is 26.4 Å². The van der Waals surface area contributed by atoms with Gasteiger partial charge in [-0.1, -0.05) is 64.5 Å². The molecule has 4 aromatic rings. The molecular formula is C26H18BrFN2O2. The number of nitrogens with zero attached hydrogens (tertiary/aromatic N) is 1. The van der Waals surface area contributed by atoms with Crippen molar-refractivity contribution in [2.24, 2.45) is 0 Å². The van der Waals surface area contributed by atoms with E-state index in [9.17, 15) is 14.0 Å². The molecule has 6 heteroatoms. The molecule has 5 rings (SSSR count). The topological polar surface area (TPSA) is 49.4 Å². The van der Waals surface area contributed by atoms with E-state index in [1.54, 1.807) is 29.2 Å². The minimum atomic E-state index is -0.575. The van der Waals surface area contributed by atoms with Crippen LogP contribution < -0.4 is 5.32 Å². The number of hydrogen-bond donors (Lipinski definition) is 1. The van der Waals surface area contributed by atoms with Gasteiger partial charge in [-0.2, -0.15) is 0 Å². The van der Waals surface area contributed by atoms with E-state index in [1.165, 1.54) is 12.1 Å². The molecule has 0 radical (unpaired) electrons. The molecule has 1 atom stereocenters. The Kier molecular flexibility index (Phi) is 5.23. The molecule has 158 valence electrons. The number of anilines is 1. The highest BCUT2D eigenvalue weighted by atomic mass is 79.9. The van der Waals surface area contributed by atoms with Crippen molar-refractivity contribution in [2.45, 2.75) is 6.04 Å². The van der Waals surface area contributed by atoms with Crippen LogP contribution in [0.25, 0.3) is 10.8 Å². The van der Waals surface area contributed by atoms with Gasteiger partial charge in [-0.05, 0) is 52.7 Å². The first-order chi connectivity index (χ1) is 15.5. The molecule has 0 fully saturated rings. The van der Waals surface area contributed by atoms with Crippen molar-refractivity contribution >= 4 is 44.2 Å². The Morgan fingerprint density at radius 2 is 1.72 bits per heavy atom. The standard InChI is InChI=1S/C26H18BrFN2O2/c27-18-10-13-23-22(14-18)25(17-8-11-19(28)12-9-17)30(15-24(31)29-23)26(32)21-7-3-5-16-4-1-2-6-20(16)21/h1-14,25H,15H2,(H,29,31)/t25-/m0/s1. The third-order valence-electron chi connectivity index (χ3n) is 5.67. The van der Waals surface area contributed by atoms with Crippen molar-refractivity contribution in [1.29, 1.82) is 0 Å². The van der Waals surface area contributed by atoms with Gasteiger partial charge in [0.1, 0.15) is 12.4 Å². The van der Waals surface area contributed by atoms with E-state index in [2.05, 4.69) is 21.2 Å². The van der Waals surface area contributed by atoms with Gasteiger partial charge in [-0.3, -0.25) is 9.59 Å². The van der Waals surface area contributed by atoms with E-state index in [-0.39, 0.29) is 24.2 Å². The maximum Gasteiger partial charge on any atom is 0.255 e. The summed E-state index contributed by atoms with van der Waals surface area (Å²) in [7, 11) is 0. The molecule has 0 spiro atoms. The third kappa shape index (κ3) is 3.67. The fraction of sp³-hybridized carbons (Fsp3) is 0.0769. The van der Waals surface area contributed by atoms with Crippen molar-refractivity contribution in [3.8, 4) is 0 Å². The van der Waals surface area contributed by atoms with E-state index in [0.29, 0.717) is 11.3 Å². The minimum absolute atomic E-state index is 0.129. The zero-order valence-corrected chi connectivity index (χ0v) is 18.5. The predicted octanol–water partition coefficient (Wildman–Crippen LogP) is 5.93. The van der Waals surface area contributed by atoms with Crippen LogP contribution in [0.5, 0.6) is 0 Å². The zero-order chi connectivity index (χ0) is 22.2. The van der Waals surface area contributed by atoms with Crippen LogP contribution in [0.3, 0.4) is 0 Å². The number of benzene rings is 4. The Bertz CT molecular complexity index is 1350. The van der Waals surface area contributed by atoms with Crippen molar-refractivity contribution in [2.75, 3.05) is 11.9 Å². The summed E-state index contributed by atoms with van der Waals surface area (Å²) >= 11 is 3.50. The highest BCUT2D eigenvalue weighted by molar-refractivity contribution is 9.10. The molecular weight excluding hydrogens is 471 g/mol. The quantitative estimate of drug-likeness (QED) is 0.380. The van der Waals surface area contributed by atoms with Gasteiger partial charge in [0.05, 0.1) is 6.04 Å². The largest absolute Gasteiger partial charge is 0.324 e. The van der Waals surface area contributed by atoms with Gasteiger partial charge in [-0.25, -0.2) is 4.39 Å². The summed E-state index contributed by atoms with van der Waals surface area (Å²) in [5.74, 6) is -0.913. The number of carbonyl (C=O) groups excluding carboxylic acids is 2. The van der Waals surface area contributed by atoms with Gasteiger partial charge >= 0.3 is 0 Å². The lowest BCUT2D eigenvalue weighted by molar-refractivity contribution is -0.117. The Labute approximate surface area is 192 Å². The number of nitrogens with one attached hydrogen (secondary N) is 1. The number of hydrogen-bond acceptors (Lipinski definition) is 2. The number of fused-ring (bicyclic) bond motifs is 2. The summed E-state index contributed by atoms with van der Waals surface area (Å²) in [6, 6.07) is 24.2. The predicted molar refractivity (Wildman–Crippen MR) is 126 cm³/mol. The average molecular weight is 489 g/mol. The maximum absolute atomic E-state index is 13.9. The van der Waals surface area contributed by atoms with Crippen LogP contribution in [0, 0.1) is 5.82 Å². The van der Waals surface area contributed by atoms with Crippen molar-refractivity contribution in [3.05, 3.63) is 112 Å². The van der Waals surface area contributed by atoms with Gasteiger partial charge in [-0.15, -0.1) is 0 Å². The Morgan fingerprint density at radius 1 is 0.969 bits per heavy atom. The molecule has 1 heterocycles. The van der Waals surface area contributed by atoms with Gasteiger partial charge < -0.3 is 10.2 Å². The van der Waals surface area contributed by atoms with Crippen LogP contribution >= 0.6 is 15.9 Å². The van der Waals surface area contributed by atoms with Crippen molar-refractivity contribution in [3.63, 3.8) is 0 Å². The molecule has 0 unspecified atom stereocenters. The van der Waals surface area contributed by atoms with E-state index in [1.807, 2.05) is 48.5 Å². The highest BCUT2D eigenvalue weighted by Crippen LogP contribution is 2.38. The van der Waals surface area contributed by atoms with Gasteiger partial charge in [0.25, 0.3) is 5.91 Å². The molecule has 0 bridgehead atoms. The molecule has 1 N–H and O–H groups in total. The molecule has 32 heavy (non-hydrogen) atoms. The van der Waals surface area contributed by atoms with E-state index >= 15 is 0 Å². The summed E-state index contributed by atoms with van der Waals surface area (Å²) in [5, 5.41) is 4.67. The summed E-state index contributed by atoms with van der Waals surface area (Å²) in [4.78, 5) is 28.3. The normalized spacial score (nSPS) is 15.8. The van der Waals surface area contributed by atoms with Crippen LogP contribution in [0.4, 0.5) is 10.1 Å². The molecule has 4 aromatic carbocycles. The number of rotatable bonds is 2. The summed E-state index contributed by atoms with van der Waals surface area (Å²) in [5.41, 5.74) is 2.61. The molecule has 0 saturated carbocycles. The van der Waals surface area contributed by atoms with Crippen LogP contribution in [-0.2, 0) is 4.79 Å². The monoisotopic (exact) mass is 488 g/mol. The molecule has 1 aliphatic rings. The SMILES string of the molecule is O=C1CN(C(=O)c2cccc3ccccc23)[C@@H](c2ccc(F)cc2)c2cc(Br)ccc2N1. The average Bonchev–Trinajstić information content (AvgIpc) is 2.94. The molecule has 0 aromatic heterocycles. The van der Waals surface area contributed by atoms with Gasteiger partial charge in [0, 0.05) is 21.3 Å². The first-order valence-electron chi connectivity index (χ1n) is 10.1. The Hall–Kier alpha value is -3.51. The third-order valence-corrected chi connectivity index (χ3v) is 6.17.